The number of nitrogens with zero attached hydrogens (tertiary/aromatic N) is 4. The first-order valence-corrected chi connectivity index (χ1v) is 10.4. The number of rotatable bonds is 5. The number of carbonyl (C=O) groups excluding carboxylic acids is 1. The zero-order valence-corrected chi connectivity index (χ0v) is 17.9. The van der Waals surface area contributed by atoms with E-state index >= 15 is 0 Å². The molecule has 7 nitrogen and oxygen atoms in total. The van der Waals surface area contributed by atoms with Gasteiger partial charge in [-0.3, -0.25) is 4.79 Å². The standard InChI is InChI=1S/C23H28N6O/c1-14-7-5-6-8-19(14)15(2)25-23-20-11-22(24-12-21(20)26-16(3)27-23)29-10-9-18(13-29)28-17(4)30/h5-8,11-12,15,18H,9-10,13H2,1-4H3,(H,28,30)(H,25,26,27)/t15-,18-/m1/s1. The number of fused-ring (bicyclic) bond motifs is 1. The molecule has 0 spiro atoms. The molecule has 1 fully saturated rings. The summed E-state index contributed by atoms with van der Waals surface area (Å²) in [5, 5.41) is 7.54. The molecule has 0 unspecified atom stereocenters. The van der Waals surface area contributed by atoms with Gasteiger partial charge >= 0.3 is 0 Å². The summed E-state index contributed by atoms with van der Waals surface area (Å²) in [6, 6.07) is 10.7. The fourth-order valence-electron chi connectivity index (χ4n) is 4.15. The molecule has 3 heterocycles. The Bertz CT molecular complexity index is 1080. The topological polar surface area (TPSA) is 83.0 Å². The monoisotopic (exact) mass is 404 g/mol. The molecule has 1 aliphatic rings. The number of benzene rings is 1. The van der Waals surface area contributed by atoms with Crippen molar-refractivity contribution in [2.75, 3.05) is 23.3 Å². The second-order valence-corrected chi connectivity index (χ2v) is 8.03. The fraction of sp³-hybridized carbons (Fsp3) is 0.391. The highest BCUT2D eigenvalue weighted by Gasteiger charge is 2.24. The van der Waals surface area contributed by atoms with Gasteiger partial charge in [-0.25, -0.2) is 15.0 Å². The molecule has 156 valence electrons. The lowest BCUT2D eigenvalue weighted by Crippen LogP contribution is -2.35. The van der Waals surface area contributed by atoms with Crippen molar-refractivity contribution in [2.24, 2.45) is 0 Å². The van der Waals surface area contributed by atoms with Crippen molar-refractivity contribution < 1.29 is 4.79 Å². The molecule has 3 aromatic rings. The van der Waals surface area contributed by atoms with Crippen LogP contribution in [0.15, 0.2) is 36.5 Å². The highest BCUT2D eigenvalue weighted by atomic mass is 16.1. The molecule has 0 bridgehead atoms. The summed E-state index contributed by atoms with van der Waals surface area (Å²) in [4.78, 5) is 27.5. The minimum Gasteiger partial charge on any atom is -0.363 e. The zero-order valence-electron chi connectivity index (χ0n) is 17.9. The molecular formula is C23H28N6O. The van der Waals surface area contributed by atoms with Crippen LogP contribution in [0.25, 0.3) is 10.9 Å². The van der Waals surface area contributed by atoms with Crippen molar-refractivity contribution >= 4 is 28.4 Å². The Labute approximate surface area is 176 Å². The maximum Gasteiger partial charge on any atom is 0.217 e. The smallest absolute Gasteiger partial charge is 0.217 e. The highest BCUT2D eigenvalue weighted by Crippen LogP contribution is 2.29. The van der Waals surface area contributed by atoms with Crippen molar-refractivity contribution in [2.45, 2.75) is 46.2 Å². The Hall–Kier alpha value is -3.22. The van der Waals surface area contributed by atoms with Crippen LogP contribution in [0.2, 0.25) is 0 Å². The number of anilines is 2. The maximum absolute atomic E-state index is 11.4. The molecule has 0 saturated carbocycles. The van der Waals surface area contributed by atoms with E-state index < -0.39 is 0 Å². The van der Waals surface area contributed by atoms with Crippen LogP contribution in [0.5, 0.6) is 0 Å². The van der Waals surface area contributed by atoms with E-state index in [0.29, 0.717) is 5.82 Å². The molecule has 7 heteroatoms. The second kappa shape index (κ2) is 8.26. The third kappa shape index (κ3) is 4.20. The maximum atomic E-state index is 11.4. The molecule has 1 aromatic carbocycles. The number of pyridine rings is 1. The van der Waals surface area contributed by atoms with Gasteiger partial charge in [0, 0.05) is 31.4 Å². The number of aryl methyl sites for hydroxylation is 2. The van der Waals surface area contributed by atoms with Gasteiger partial charge in [-0.1, -0.05) is 24.3 Å². The minimum atomic E-state index is 0.00822. The number of amides is 1. The molecule has 2 aromatic heterocycles. The Balaban J connectivity index is 1.64. The van der Waals surface area contributed by atoms with Gasteiger partial charge in [-0.05, 0) is 44.4 Å². The zero-order chi connectivity index (χ0) is 21.3. The second-order valence-electron chi connectivity index (χ2n) is 8.03. The quantitative estimate of drug-likeness (QED) is 0.677. The fourth-order valence-corrected chi connectivity index (χ4v) is 4.15. The minimum absolute atomic E-state index is 0.00822. The van der Waals surface area contributed by atoms with Crippen LogP contribution in [0, 0.1) is 13.8 Å². The number of hydrogen-bond donors (Lipinski definition) is 2. The van der Waals surface area contributed by atoms with E-state index in [1.807, 2.05) is 13.1 Å². The Morgan fingerprint density at radius 2 is 2.03 bits per heavy atom. The van der Waals surface area contributed by atoms with E-state index in [2.05, 4.69) is 69.7 Å². The molecule has 1 amide bonds. The first-order chi connectivity index (χ1) is 14.4. The van der Waals surface area contributed by atoms with Gasteiger partial charge in [0.1, 0.15) is 17.5 Å². The van der Waals surface area contributed by atoms with Crippen LogP contribution in [0.1, 0.15) is 43.3 Å². The van der Waals surface area contributed by atoms with Gasteiger partial charge in [-0.2, -0.15) is 0 Å². The summed E-state index contributed by atoms with van der Waals surface area (Å²) in [6.45, 7) is 9.34. The molecule has 1 aliphatic heterocycles. The van der Waals surface area contributed by atoms with Crippen molar-refractivity contribution in [3.05, 3.63) is 53.5 Å². The number of hydrogen-bond acceptors (Lipinski definition) is 6. The van der Waals surface area contributed by atoms with Crippen LogP contribution >= 0.6 is 0 Å². The molecule has 0 aliphatic carbocycles. The summed E-state index contributed by atoms with van der Waals surface area (Å²) in [7, 11) is 0. The summed E-state index contributed by atoms with van der Waals surface area (Å²) in [5.41, 5.74) is 3.31. The van der Waals surface area contributed by atoms with Gasteiger partial charge < -0.3 is 15.5 Å². The average molecular weight is 405 g/mol. The van der Waals surface area contributed by atoms with Gasteiger partial charge in [-0.15, -0.1) is 0 Å². The van der Waals surface area contributed by atoms with Gasteiger partial charge in [0.15, 0.2) is 0 Å². The summed E-state index contributed by atoms with van der Waals surface area (Å²) < 4.78 is 0. The molecule has 0 radical (unpaired) electrons. The summed E-state index contributed by atoms with van der Waals surface area (Å²) in [5.74, 6) is 2.42. The van der Waals surface area contributed by atoms with E-state index in [9.17, 15) is 4.79 Å². The predicted octanol–water partition coefficient (Wildman–Crippen LogP) is 3.53. The summed E-state index contributed by atoms with van der Waals surface area (Å²) >= 11 is 0. The van der Waals surface area contributed by atoms with Crippen molar-refractivity contribution in [3.63, 3.8) is 0 Å². The predicted molar refractivity (Wildman–Crippen MR) is 120 cm³/mol. The lowest BCUT2D eigenvalue weighted by molar-refractivity contribution is -0.119. The van der Waals surface area contributed by atoms with E-state index in [1.165, 1.54) is 11.1 Å². The Morgan fingerprint density at radius 1 is 1.23 bits per heavy atom. The van der Waals surface area contributed by atoms with Crippen molar-refractivity contribution in [3.8, 4) is 0 Å². The molecule has 30 heavy (non-hydrogen) atoms. The first-order valence-electron chi connectivity index (χ1n) is 10.4. The lowest BCUT2D eigenvalue weighted by atomic mass is 10.0. The van der Waals surface area contributed by atoms with E-state index in [0.717, 1.165) is 42.0 Å². The third-order valence-electron chi connectivity index (χ3n) is 5.61. The first kappa shape index (κ1) is 20.1. The Kier molecular flexibility index (Phi) is 5.53. The number of nitrogens with one attached hydrogen (secondary N) is 2. The normalized spacial score (nSPS) is 17.2. The number of aromatic nitrogens is 3. The van der Waals surface area contributed by atoms with Gasteiger partial charge in [0.05, 0.1) is 17.8 Å². The molecule has 2 atom stereocenters. The van der Waals surface area contributed by atoms with Crippen LogP contribution in [0.3, 0.4) is 0 Å². The van der Waals surface area contributed by atoms with Crippen LogP contribution in [-0.4, -0.2) is 40.0 Å². The summed E-state index contributed by atoms with van der Waals surface area (Å²) in [6.07, 6.45) is 2.73. The van der Waals surface area contributed by atoms with E-state index in [-0.39, 0.29) is 18.0 Å². The van der Waals surface area contributed by atoms with Gasteiger partial charge in [0.25, 0.3) is 0 Å². The van der Waals surface area contributed by atoms with E-state index in [1.54, 1.807) is 6.92 Å². The van der Waals surface area contributed by atoms with Gasteiger partial charge in [0.2, 0.25) is 5.91 Å². The van der Waals surface area contributed by atoms with Crippen LogP contribution < -0.4 is 15.5 Å². The largest absolute Gasteiger partial charge is 0.363 e. The molecular weight excluding hydrogens is 376 g/mol. The lowest BCUT2D eigenvalue weighted by Gasteiger charge is -2.21. The molecule has 2 N–H and O–H groups in total. The van der Waals surface area contributed by atoms with Crippen molar-refractivity contribution in [1.29, 1.82) is 0 Å². The molecule has 4 rings (SSSR count). The third-order valence-corrected chi connectivity index (χ3v) is 5.61. The van der Waals surface area contributed by atoms with Crippen molar-refractivity contribution in [1.82, 2.24) is 20.3 Å². The Morgan fingerprint density at radius 3 is 2.80 bits per heavy atom. The highest BCUT2D eigenvalue weighted by molar-refractivity contribution is 5.90. The molecule has 1 saturated heterocycles. The van der Waals surface area contributed by atoms with Crippen LogP contribution in [0.4, 0.5) is 11.6 Å². The number of carbonyl (C=O) groups is 1. The van der Waals surface area contributed by atoms with E-state index in [4.69, 9.17) is 4.98 Å². The average Bonchev–Trinajstić information content (AvgIpc) is 3.15. The van der Waals surface area contributed by atoms with Crippen LogP contribution in [-0.2, 0) is 4.79 Å². The SMILES string of the molecule is CC(=O)N[C@@H]1CCN(c2cc3c(N[C@H](C)c4ccccc4C)nc(C)nc3cn2)C1.